The Morgan fingerprint density at radius 3 is 2.71 bits per heavy atom. The highest BCUT2D eigenvalue weighted by Gasteiger charge is 2.35. The van der Waals surface area contributed by atoms with Gasteiger partial charge in [-0.1, -0.05) is 24.3 Å². The zero-order chi connectivity index (χ0) is 17.0. The Bertz CT molecular complexity index is 608. The highest BCUT2D eigenvalue weighted by molar-refractivity contribution is 5.84. The van der Waals surface area contributed by atoms with Gasteiger partial charge in [-0.15, -0.1) is 0 Å². The van der Waals surface area contributed by atoms with Gasteiger partial charge in [0.1, 0.15) is 5.60 Å². The number of hydrogen-bond donors (Lipinski definition) is 1. The second-order valence-electron chi connectivity index (χ2n) is 6.91. The quantitative estimate of drug-likeness (QED) is 0.902. The number of nitrogens with one attached hydrogen (secondary N) is 1. The third-order valence-electron chi connectivity index (χ3n) is 5.04. The van der Waals surface area contributed by atoms with Crippen molar-refractivity contribution in [1.82, 2.24) is 10.2 Å². The molecular formula is C19H26N2O3. The fourth-order valence-electron chi connectivity index (χ4n) is 3.44. The number of carbonyl (C=O) groups is 2. The molecule has 24 heavy (non-hydrogen) atoms. The molecule has 0 bridgehead atoms. The summed E-state index contributed by atoms with van der Waals surface area (Å²) in [7, 11) is 0. The minimum Gasteiger partial charge on any atom is -0.365 e. The van der Waals surface area contributed by atoms with Gasteiger partial charge in [-0.2, -0.15) is 0 Å². The van der Waals surface area contributed by atoms with Crippen molar-refractivity contribution in [1.29, 1.82) is 0 Å². The summed E-state index contributed by atoms with van der Waals surface area (Å²) in [5, 5.41) is 3.02. The highest BCUT2D eigenvalue weighted by atomic mass is 16.5. The van der Waals surface area contributed by atoms with Gasteiger partial charge in [0, 0.05) is 32.7 Å². The van der Waals surface area contributed by atoms with Crippen molar-refractivity contribution in [2.24, 2.45) is 0 Å². The molecule has 2 fully saturated rings. The maximum atomic E-state index is 12.5. The molecule has 1 N–H and O–H groups in total. The van der Waals surface area contributed by atoms with Crippen LogP contribution < -0.4 is 5.32 Å². The van der Waals surface area contributed by atoms with Gasteiger partial charge in [0.05, 0.1) is 0 Å². The topological polar surface area (TPSA) is 58.6 Å². The molecule has 5 nitrogen and oxygen atoms in total. The van der Waals surface area contributed by atoms with Crippen LogP contribution in [0.3, 0.4) is 0 Å². The van der Waals surface area contributed by atoms with Crippen LogP contribution in [0.4, 0.5) is 0 Å². The van der Waals surface area contributed by atoms with Gasteiger partial charge >= 0.3 is 0 Å². The predicted molar refractivity (Wildman–Crippen MR) is 91.1 cm³/mol. The van der Waals surface area contributed by atoms with E-state index >= 15 is 0 Å². The van der Waals surface area contributed by atoms with E-state index in [1.807, 2.05) is 36.1 Å². The summed E-state index contributed by atoms with van der Waals surface area (Å²) in [5.41, 5.74) is 1.45. The van der Waals surface area contributed by atoms with Crippen molar-refractivity contribution in [3.63, 3.8) is 0 Å². The molecule has 0 spiro atoms. The van der Waals surface area contributed by atoms with Crippen LogP contribution in [-0.4, -0.2) is 35.5 Å². The number of nitrogens with zero attached hydrogens (tertiary/aromatic N) is 1. The summed E-state index contributed by atoms with van der Waals surface area (Å²) in [4.78, 5) is 26.2. The maximum absolute atomic E-state index is 12.5. The van der Waals surface area contributed by atoms with Crippen LogP contribution in [0, 0.1) is 0 Å². The fraction of sp³-hybridized carbons (Fsp3) is 0.579. The Morgan fingerprint density at radius 1 is 1.25 bits per heavy atom. The Labute approximate surface area is 143 Å². The van der Waals surface area contributed by atoms with Crippen LogP contribution in [0.5, 0.6) is 0 Å². The van der Waals surface area contributed by atoms with E-state index in [-0.39, 0.29) is 11.8 Å². The maximum Gasteiger partial charge on any atom is 0.252 e. The second kappa shape index (κ2) is 7.34. The van der Waals surface area contributed by atoms with Crippen molar-refractivity contribution < 1.29 is 14.3 Å². The van der Waals surface area contributed by atoms with Crippen LogP contribution in [0.15, 0.2) is 24.3 Å². The molecule has 1 atom stereocenters. The Morgan fingerprint density at radius 2 is 2.04 bits per heavy atom. The molecule has 2 amide bonds. The molecule has 2 saturated heterocycles. The van der Waals surface area contributed by atoms with E-state index in [9.17, 15) is 9.59 Å². The van der Waals surface area contributed by atoms with E-state index in [4.69, 9.17) is 4.74 Å². The van der Waals surface area contributed by atoms with Gasteiger partial charge in [-0.3, -0.25) is 9.59 Å². The van der Waals surface area contributed by atoms with Crippen LogP contribution >= 0.6 is 0 Å². The molecule has 0 saturated carbocycles. The third kappa shape index (κ3) is 3.78. The number of ether oxygens (including phenoxy) is 1. The Kier molecular flexibility index (Phi) is 5.19. The predicted octanol–water partition coefficient (Wildman–Crippen LogP) is 2.38. The van der Waals surface area contributed by atoms with E-state index < -0.39 is 5.60 Å². The lowest BCUT2D eigenvalue weighted by Crippen LogP contribution is -2.48. The van der Waals surface area contributed by atoms with Crippen LogP contribution in [-0.2, 0) is 27.4 Å². The largest absolute Gasteiger partial charge is 0.365 e. The summed E-state index contributed by atoms with van der Waals surface area (Å²) in [6.07, 6.45) is 4.40. The molecular weight excluding hydrogens is 304 g/mol. The fourth-order valence-corrected chi connectivity index (χ4v) is 3.44. The molecule has 1 unspecified atom stereocenters. The Balaban J connectivity index is 1.62. The first-order valence-electron chi connectivity index (χ1n) is 8.85. The van der Waals surface area contributed by atoms with Crippen molar-refractivity contribution in [2.75, 3.05) is 13.2 Å². The minimum atomic E-state index is -0.710. The minimum absolute atomic E-state index is 0.0470. The number of hydrogen-bond acceptors (Lipinski definition) is 3. The van der Waals surface area contributed by atoms with Gasteiger partial charge in [-0.05, 0) is 43.7 Å². The molecule has 2 heterocycles. The third-order valence-corrected chi connectivity index (χ3v) is 5.04. The number of rotatable bonds is 5. The summed E-state index contributed by atoms with van der Waals surface area (Å²) in [6, 6.07) is 7.99. The lowest BCUT2D eigenvalue weighted by atomic mass is 9.95. The smallest absolute Gasteiger partial charge is 0.252 e. The summed E-state index contributed by atoms with van der Waals surface area (Å²) in [6.45, 7) is 4.44. The Hall–Kier alpha value is -1.88. The van der Waals surface area contributed by atoms with Gasteiger partial charge in [0.15, 0.2) is 0 Å². The summed E-state index contributed by atoms with van der Waals surface area (Å²) >= 11 is 0. The first-order valence-corrected chi connectivity index (χ1v) is 8.85. The highest BCUT2D eigenvalue weighted by Crippen LogP contribution is 2.25. The number of benzene rings is 1. The number of amides is 2. The molecule has 130 valence electrons. The van der Waals surface area contributed by atoms with E-state index in [0.29, 0.717) is 26.1 Å². The van der Waals surface area contributed by atoms with Gasteiger partial charge < -0.3 is 15.0 Å². The first kappa shape index (κ1) is 17.0. The van der Waals surface area contributed by atoms with E-state index in [1.54, 1.807) is 0 Å². The zero-order valence-corrected chi connectivity index (χ0v) is 14.3. The number of carbonyl (C=O) groups excluding carboxylic acids is 2. The average molecular weight is 330 g/mol. The van der Waals surface area contributed by atoms with Gasteiger partial charge in [0.2, 0.25) is 5.91 Å². The molecule has 0 radical (unpaired) electrons. The summed E-state index contributed by atoms with van der Waals surface area (Å²) < 4.78 is 5.70. The van der Waals surface area contributed by atoms with Crippen molar-refractivity contribution in [3.05, 3.63) is 35.4 Å². The van der Waals surface area contributed by atoms with Crippen molar-refractivity contribution >= 4 is 11.8 Å². The zero-order valence-electron chi connectivity index (χ0n) is 14.3. The standard InChI is InChI=1S/C19H26N2O3/c1-19(10-4-5-12-24-19)18(23)20-13-15-7-2-3-8-16(15)14-21-11-6-9-17(21)22/h2-3,7-8H,4-6,9-14H2,1H3,(H,20,23). The molecule has 5 heteroatoms. The lowest BCUT2D eigenvalue weighted by Gasteiger charge is -2.32. The lowest BCUT2D eigenvalue weighted by molar-refractivity contribution is -0.150. The molecule has 0 aliphatic carbocycles. The van der Waals surface area contributed by atoms with E-state index in [1.165, 1.54) is 0 Å². The number of likely N-dealkylation sites (tertiary alicyclic amines) is 1. The molecule has 0 aromatic heterocycles. The molecule has 3 rings (SSSR count). The van der Waals surface area contributed by atoms with Crippen LogP contribution in [0.25, 0.3) is 0 Å². The molecule has 2 aliphatic heterocycles. The SMILES string of the molecule is CC1(C(=O)NCc2ccccc2CN2CCCC2=O)CCCCO1. The van der Waals surface area contributed by atoms with Gasteiger partial charge in [-0.25, -0.2) is 0 Å². The van der Waals surface area contributed by atoms with Crippen molar-refractivity contribution in [2.45, 2.75) is 57.7 Å². The van der Waals surface area contributed by atoms with Crippen molar-refractivity contribution in [3.8, 4) is 0 Å². The van der Waals surface area contributed by atoms with E-state index in [0.717, 1.165) is 43.4 Å². The monoisotopic (exact) mass is 330 g/mol. The molecule has 1 aromatic rings. The first-order chi connectivity index (χ1) is 11.6. The van der Waals surface area contributed by atoms with Gasteiger partial charge in [0.25, 0.3) is 5.91 Å². The van der Waals surface area contributed by atoms with Crippen LogP contribution in [0.2, 0.25) is 0 Å². The van der Waals surface area contributed by atoms with Crippen LogP contribution in [0.1, 0.15) is 50.2 Å². The average Bonchev–Trinajstić information content (AvgIpc) is 2.99. The van der Waals surface area contributed by atoms with E-state index in [2.05, 4.69) is 5.32 Å². The second-order valence-corrected chi connectivity index (χ2v) is 6.91. The summed E-state index contributed by atoms with van der Waals surface area (Å²) in [5.74, 6) is 0.172. The normalized spacial score (nSPS) is 24.2. The molecule has 2 aliphatic rings. The molecule has 1 aromatic carbocycles.